The lowest BCUT2D eigenvalue weighted by atomic mass is 9.93. The van der Waals surface area contributed by atoms with Crippen LogP contribution in [0.3, 0.4) is 0 Å². The molecule has 0 fully saturated rings. The molecule has 0 aliphatic carbocycles. The van der Waals surface area contributed by atoms with Gasteiger partial charge in [0.15, 0.2) is 0 Å². The Morgan fingerprint density at radius 3 is 2.00 bits per heavy atom. The second-order valence-electron chi connectivity index (χ2n) is 7.44. The Morgan fingerprint density at radius 1 is 0.882 bits per heavy atom. The lowest BCUT2D eigenvalue weighted by Crippen LogP contribution is -2.44. The largest absolute Gasteiger partial charge is 0.497 e. The maximum atomic E-state index is 12.3. The first-order chi connectivity index (χ1) is 16.6. The average molecular weight is 463 g/mol. The maximum absolute atomic E-state index is 12.3. The van der Waals surface area contributed by atoms with Crippen molar-refractivity contribution in [2.75, 3.05) is 28.4 Å². The molecule has 1 aliphatic rings. The van der Waals surface area contributed by atoms with E-state index in [9.17, 15) is 4.79 Å². The molecule has 0 bridgehead atoms. The third-order valence-electron chi connectivity index (χ3n) is 5.62. The van der Waals surface area contributed by atoms with Gasteiger partial charge >= 0.3 is 0 Å². The molecule has 2 heterocycles. The van der Waals surface area contributed by atoms with Crippen LogP contribution in [-0.2, 0) is 4.79 Å². The quantitative estimate of drug-likeness (QED) is 0.545. The number of amides is 1. The summed E-state index contributed by atoms with van der Waals surface area (Å²) in [6, 6.07) is 14.4. The minimum Gasteiger partial charge on any atom is -0.497 e. The number of carbonyl (C=O) groups excluding carboxylic acids is 1. The summed E-state index contributed by atoms with van der Waals surface area (Å²) in [5.41, 5.74) is 2.26. The molecule has 0 radical (unpaired) electrons. The molecule has 0 spiro atoms. The fraction of sp³-hybridized carbons (Fsp3) is 0.240. The topological polar surface area (TPSA) is 95.0 Å². The minimum atomic E-state index is -0.588. The molecular formula is C25H26N4O5. The Labute approximate surface area is 197 Å². The predicted octanol–water partition coefficient (Wildman–Crippen LogP) is 3.24. The van der Waals surface area contributed by atoms with Crippen LogP contribution in [0, 0.1) is 0 Å². The molecule has 0 saturated carbocycles. The van der Waals surface area contributed by atoms with Gasteiger partial charge in [-0.05, 0) is 36.4 Å². The molecule has 1 unspecified atom stereocenters. The van der Waals surface area contributed by atoms with Crippen LogP contribution in [0.25, 0.3) is 0 Å². The van der Waals surface area contributed by atoms with E-state index in [1.807, 2.05) is 47.4 Å². The molecule has 9 heteroatoms. The Kier molecular flexibility index (Phi) is 6.82. The van der Waals surface area contributed by atoms with Gasteiger partial charge in [-0.3, -0.25) is 4.79 Å². The number of hydrogen-bond acceptors (Lipinski definition) is 8. The molecule has 176 valence electrons. The first-order valence-electron chi connectivity index (χ1n) is 10.6. The van der Waals surface area contributed by atoms with E-state index in [-0.39, 0.29) is 5.91 Å². The molecule has 0 saturated heterocycles. The van der Waals surface area contributed by atoms with Crippen LogP contribution in [0.2, 0.25) is 0 Å². The molecule has 9 nitrogen and oxygen atoms in total. The van der Waals surface area contributed by atoms with E-state index >= 15 is 0 Å². The van der Waals surface area contributed by atoms with Crippen LogP contribution >= 0.6 is 0 Å². The third-order valence-corrected chi connectivity index (χ3v) is 5.62. The van der Waals surface area contributed by atoms with Gasteiger partial charge in [-0.15, -0.1) is 0 Å². The second-order valence-corrected chi connectivity index (χ2v) is 7.44. The number of nitrogens with zero attached hydrogens (tertiary/aromatic N) is 3. The number of aromatic nitrogens is 2. The lowest BCUT2D eigenvalue weighted by Gasteiger charge is -2.40. The van der Waals surface area contributed by atoms with Crippen LogP contribution in [0.1, 0.15) is 29.0 Å². The van der Waals surface area contributed by atoms with E-state index in [2.05, 4.69) is 15.5 Å². The minimum absolute atomic E-state index is 0.228. The molecule has 1 aromatic heterocycles. The lowest BCUT2D eigenvalue weighted by molar-refractivity contribution is -0.119. The second kappa shape index (κ2) is 10.1. The summed E-state index contributed by atoms with van der Waals surface area (Å²) in [6.45, 7) is 0. The molecule has 4 rings (SSSR count). The van der Waals surface area contributed by atoms with Crippen molar-refractivity contribution in [3.05, 3.63) is 83.8 Å². The molecular weight excluding hydrogens is 436 g/mol. The van der Waals surface area contributed by atoms with Gasteiger partial charge < -0.3 is 29.2 Å². The van der Waals surface area contributed by atoms with Crippen LogP contribution in [0.15, 0.2) is 67.0 Å². The summed E-state index contributed by atoms with van der Waals surface area (Å²) in [5, 5.41) is 11.2. The molecule has 1 atom stereocenters. The van der Waals surface area contributed by atoms with E-state index in [1.54, 1.807) is 46.9 Å². The van der Waals surface area contributed by atoms with E-state index in [0.717, 1.165) is 11.1 Å². The Bertz CT molecular complexity index is 1130. The van der Waals surface area contributed by atoms with Gasteiger partial charge in [-0.2, -0.15) is 10.2 Å². The number of ether oxygens (including phenoxy) is 4. The molecule has 3 aromatic rings. The molecule has 2 aromatic carbocycles. The van der Waals surface area contributed by atoms with Crippen LogP contribution in [-0.4, -0.2) is 49.4 Å². The highest BCUT2D eigenvalue weighted by molar-refractivity contribution is 5.88. The van der Waals surface area contributed by atoms with Crippen molar-refractivity contribution in [3.63, 3.8) is 0 Å². The monoisotopic (exact) mass is 462 g/mol. The van der Waals surface area contributed by atoms with E-state index in [1.165, 1.54) is 6.08 Å². The van der Waals surface area contributed by atoms with Crippen molar-refractivity contribution in [2.45, 2.75) is 12.2 Å². The fourth-order valence-electron chi connectivity index (χ4n) is 4.00. The third kappa shape index (κ3) is 4.45. The summed E-state index contributed by atoms with van der Waals surface area (Å²) in [4.78, 5) is 14.3. The number of hydrogen-bond donors (Lipinski definition) is 1. The summed E-state index contributed by atoms with van der Waals surface area (Å²) >= 11 is 0. The summed E-state index contributed by atoms with van der Waals surface area (Å²) < 4.78 is 22.3. The van der Waals surface area contributed by atoms with Gasteiger partial charge in [-0.1, -0.05) is 0 Å². The fourth-order valence-corrected chi connectivity index (χ4v) is 4.00. The Morgan fingerprint density at radius 2 is 1.50 bits per heavy atom. The highest BCUT2D eigenvalue weighted by Crippen LogP contribution is 2.44. The highest BCUT2D eigenvalue weighted by atomic mass is 16.5. The van der Waals surface area contributed by atoms with Crippen LogP contribution in [0.5, 0.6) is 23.0 Å². The van der Waals surface area contributed by atoms with Crippen molar-refractivity contribution in [1.82, 2.24) is 20.4 Å². The zero-order valence-electron chi connectivity index (χ0n) is 19.4. The highest BCUT2D eigenvalue weighted by Gasteiger charge is 2.35. The van der Waals surface area contributed by atoms with Gasteiger partial charge in [0.25, 0.3) is 0 Å². The van der Waals surface area contributed by atoms with Crippen molar-refractivity contribution in [2.24, 2.45) is 0 Å². The van der Waals surface area contributed by atoms with Gasteiger partial charge in [0.1, 0.15) is 34.9 Å². The average Bonchev–Trinajstić information content (AvgIpc) is 2.90. The van der Waals surface area contributed by atoms with Gasteiger partial charge in [-0.25, -0.2) is 0 Å². The number of methoxy groups -OCH3 is 4. The van der Waals surface area contributed by atoms with E-state index in [0.29, 0.717) is 28.7 Å². The van der Waals surface area contributed by atoms with Crippen molar-refractivity contribution >= 4 is 5.91 Å². The molecule has 1 aliphatic heterocycles. The SMILES string of the molecule is COc1ccc(C(c2ccc(OC)cc2OC)N2C=CC(=O)NC2c2cccnn2)c(OC)c1. The summed E-state index contributed by atoms with van der Waals surface area (Å²) in [6.07, 6.45) is 4.22. The smallest absolute Gasteiger partial charge is 0.247 e. The van der Waals surface area contributed by atoms with Gasteiger partial charge in [0.05, 0.1) is 34.5 Å². The van der Waals surface area contributed by atoms with E-state index in [4.69, 9.17) is 18.9 Å². The van der Waals surface area contributed by atoms with Crippen LogP contribution < -0.4 is 24.3 Å². The van der Waals surface area contributed by atoms with Gasteiger partial charge in [0, 0.05) is 41.7 Å². The zero-order valence-corrected chi connectivity index (χ0v) is 19.4. The standard InChI is InChI=1S/C25H26N4O5/c1-31-16-7-9-18(21(14-16)33-3)24(19-10-8-17(32-2)15-22(19)34-4)29-13-11-23(30)27-25(29)20-6-5-12-26-28-20/h5-15,24-25H,1-4H3,(H,27,30). The zero-order chi connectivity index (χ0) is 24.1. The molecule has 1 amide bonds. The molecule has 1 N–H and O–H groups in total. The van der Waals surface area contributed by atoms with Crippen molar-refractivity contribution in [1.29, 1.82) is 0 Å². The normalized spacial score (nSPS) is 15.1. The number of carbonyl (C=O) groups is 1. The van der Waals surface area contributed by atoms with Crippen molar-refractivity contribution in [3.8, 4) is 23.0 Å². The van der Waals surface area contributed by atoms with Crippen molar-refractivity contribution < 1.29 is 23.7 Å². The summed E-state index contributed by atoms with van der Waals surface area (Å²) in [5.74, 6) is 2.33. The number of benzene rings is 2. The first kappa shape index (κ1) is 22.9. The Balaban J connectivity index is 1.95. The van der Waals surface area contributed by atoms with Crippen LogP contribution in [0.4, 0.5) is 0 Å². The molecule has 34 heavy (non-hydrogen) atoms. The predicted molar refractivity (Wildman–Crippen MR) is 125 cm³/mol. The Hall–Kier alpha value is -4.27. The number of nitrogens with one attached hydrogen (secondary N) is 1. The summed E-state index contributed by atoms with van der Waals surface area (Å²) in [7, 11) is 6.42. The number of rotatable bonds is 8. The first-order valence-corrected chi connectivity index (χ1v) is 10.6. The van der Waals surface area contributed by atoms with Gasteiger partial charge in [0.2, 0.25) is 5.91 Å². The maximum Gasteiger partial charge on any atom is 0.247 e. The van der Waals surface area contributed by atoms with E-state index < -0.39 is 12.2 Å².